The molecule has 0 aliphatic heterocycles. The minimum atomic E-state index is -0.291. The van der Waals surface area contributed by atoms with Gasteiger partial charge in [-0.2, -0.15) is 0 Å². The van der Waals surface area contributed by atoms with E-state index in [-0.39, 0.29) is 12.4 Å². The van der Waals surface area contributed by atoms with Crippen molar-refractivity contribution in [2.45, 2.75) is 60.7 Å². The smallest absolute Gasteiger partial charge is 0.310 e. The van der Waals surface area contributed by atoms with Gasteiger partial charge in [0.05, 0.1) is 19.3 Å². The molecule has 198 valence electrons. The number of fused-ring (bicyclic) bond motifs is 1. The third-order valence-electron chi connectivity index (χ3n) is 5.54. The molecule has 0 spiro atoms. The van der Waals surface area contributed by atoms with Crippen molar-refractivity contribution in [3.63, 3.8) is 0 Å². The highest BCUT2D eigenvalue weighted by Crippen LogP contribution is 2.30. The molecule has 6 heteroatoms. The number of esters is 1. The van der Waals surface area contributed by atoms with Crippen molar-refractivity contribution < 1.29 is 18.7 Å². The van der Waals surface area contributed by atoms with Gasteiger partial charge in [-0.25, -0.2) is 0 Å². The molecule has 0 amide bonds. The quantitative estimate of drug-likeness (QED) is 0.244. The van der Waals surface area contributed by atoms with Gasteiger partial charge in [0.1, 0.15) is 17.9 Å². The molecule has 0 bridgehead atoms. The van der Waals surface area contributed by atoms with Crippen LogP contribution in [0.25, 0.3) is 22.1 Å². The lowest BCUT2D eigenvalue weighted by Gasteiger charge is -2.13. The van der Waals surface area contributed by atoms with E-state index in [1.165, 1.54) is 0 Å². The summed E-state index contributed by atoms with van der Waals surface area (Å²) >= 11 is 0. The molecule has 6 nitrogen and oxygen atoms in total. The number of hydrogen-bond donors (Lipinski definition) is 2. The van der Waals surface area contributed by atoms with Gasteiger partial charge in [-0.3, -0.25) is 4.79 Å². The Hall–Kier alpha value is -3.61. The number of carbonyl (C=O) groups is 1. The molecule has 4 rings (SSSR count). The highest BCUT2D eigenvalue weighted by atomic mass is 16.5. The van der Waals surface area contributed by atoms with Crippen LogP contribution in [0.1, 0.15) is 56.9 Å². The average Bonchev–Trinajstić information content (AvgIpc) is 3.37. The van der Waals surface area contributed by atoms with Crippen LogP contribution in [0.2, 0.25) is 0 Å². The SMILES string of the molecule is CC.CC.CCOC(=O)Cc1ccc(CN)cc1OCc1coc2ccc(-c3cccc(CN)c3)cc12. The topological polar surface area (TPSA) is 101 Å². The second-order valence-electron chi connectivity index (χ2n) is 7.79. The van der Waals surface area contributed by atoms with E-state index in [1.807, 2.05) is 70.2 Å². The second kappa shape index (κ2) is 15.5. The Labute approximate surface area is 220 Å². The van der Waals surface area contributed by atoms with E-state index in [1.54, 1.807) is 13.2 Å². The number of rotatable bonds is 9. The maximum Gasteiger partial charge on any atom is 0.310 e. The van der Waals surface area contributed by atoms with E-state index in [0.717, 1.165) is 44.3 Å². The lowest BCUT2D eigenvalue weighted by molar-refractivity contribution is -0.142. The second-order valence-corrected chi connectivity index (χ2v) is 7.79. The number of ether oxygens (including phenoxy) is 2. The summed E-state index contributed by atoms with van der Waals surface area (Å²) in [6.07, 6.45) is 1.85. The van der Waals surface area contributed by atoms with E-state index in [9.17, 15) is 4.79 Å². The summed E-state index contributed by atoms with van der Waals surface area (Å²) in [4.78, 5) is 12.0. The Morgan fingerprint density at radius 1 is 0.838 bits per heavy atom. The molecule has 1 aromatic heterocycles. The fourth-order valence-electron chi connectivity index (χ4n) is 3.78. The molecule has 3 aromatic carbocycles. The number of hydrogen-bond acceptors (Lipinski definition) is 6. The number of carbonyl (C=O) groups excluding carboxylic acids is 1. The van der Waals surface area contributed by atoms with Gasteiger partial charge < -0.3 is 25.4 Å². The lowest BCUT2D eigenvalue weighted by atomic mass is 10.0. The Bertz CT molecular complexity index is 1260. The zero-order valence-electron chi connectivity index (χ0n) is 22.7. The molecule has 4 N–H and O–H groups in total. The minimum Gasteiger partial charge on any atom is -0.488 e. The van der Waals surface area contributed by atoms with Crippen molar-refractivity contribution in [1.82, 2.24) is 0 Å². The largest absolute Gasteiger partial charge is 0.488 e. The minimum absolute atomic E-state index is 0.141. The Balaban J connectivity index is 0.00000115. The number of furan rings is 1. The Morgan fingerprint density at radius 2 is 1.54 bits per heavy atom. The van der Waals surface area contributed by atoms with Crippen LogP contribution in [0, 0.1) is 0 Å². The van der Waals surface area contributed by atoms with Crippen LogP contribution in [0.4, 0.5) is 0 Å². The first kappa shape index (κ1) is 29.6. The lowest BCUT2D eigenvalue weighted by Crippen LogP contribution is -2.10. The molecule has 0 saturated carbocycles. The molecular weight excluding hydrogens is 464 g/mol. The van der Waals surface area contributed by atoms with Crippen LogP contribution in [0.5, 0.6) is 5.75 Å². The van der Waals surface area contributed by atoms with Crippen LogP contribution >= 0.6 is 0 Å². The molecule has 0 aliphatic carbocycles. The third kappa shape index (κ3) is 7.94. The summed E-state index contributed by atoms with van der Waals surface area (Å²) < 4.78 is 17.0. The van der Waals surface area contributed by atoms with Gasteiger partial charge in [-0.1, -0.05) is 64.1 Å². The molecule has 4 aromatic rings. The van der Waals surface area contributed by atoms with Crippen LogP contribution in [0.15, 0.2) is 71.3 Å². The van der Waals surface area contributed by atoms with Gasteiger partial charge in [0, 0.05) is 29.6 Å². The van der Waals surface area contributed by atoms with Gasteiger partial charge in [0.2, 0.25) is 0 Å². The van der Waals surface area contributed by atoms with E-state index in [4.69, 9.17) is 25.4 Å². The van der Waals surface area contributed by atoms with Crippen molar-refractivity contribution in [2.75, 3.05) is 6.61 Å². The Morgan fingerprint density at radius 3 is 2.24 bits per heavy atom. The van der Waals surface area contributed by atoms with E-state index < -0.39 is 0 Å². The predicted octanol–water partition coefficient (Wildman–Crippen LogP) is 6.75. The monoisotopic (exact) mass is 504 g/mol. The standard InChI is InChI=1S/C27H28N2O4.2C2H6/c1-2-31-27(30)13-22-7-6-19(15-29)11-26(22)33-17-23-16-32-25-9-8-21(12-24(23)25)20-5-3-4-18(10-20)14-28;2*1-2/h3-12,16H,2,13-15,17,28-29H2,1H3;2*1-2H3. The fourth-order valence-corrected chi connectivity index (χ4v) is 3.78. The first-order chi connectivity index (χ1) is 18.1. The average molecular weight is 505 g/mol. The van der Waals surface area contributed by atoms with Crippen molar-refractivity contribution >= 4 is 16.9 Å². The molecule has 0 atom stereocenters. The molecule has 0 unspecified atom stereocenters. The van der Waals surface area contributed by atoms with Gasteiger partial charge in [-0.15, -0.1) is 0 Å². The van der Waals surface area contributed by atoms with E-state index in [2.05, 4.69) is 18.2 Å². The highest BCUT2D eigenvalue weighted by molar-refractivity contribution is 5.86. The normalized spacial score (nSPS) is 10.1. The zero-order chi connectivity index (χ0) is 27.2. The summed E-state index contributed by atoms with van der Waals surface area (Å²) in [6, 6.07) is 19.9. The van der Waals surface area contributed by atoms with Crippen LogP contribution in [-0.2, 0) is 35.6 Å². The van der Waals surface area contributed by atoms with Gasteiger partial charge in [0.15, 0.2) is 0 Å². The molecule has 0 radical (unpaired) electrons. The summed E-state index contributed by atoms with van der Waals surface area (Å²) in [5, 5.41) is 0.979. The van der Waals surface area contributed by atoms with Gasteiger partial charge >= 0.3 is 5.97 Å². The van der Waals surface area contributed by atoms with Crippen LogP contribution in [0.3, 0.4) is 0 Å². The molecular formula is C31H40N2O4. The Kier molecular flexibility index (Phi) is 12.4. The summed E-state index contributed by atoms with van der Waals surface area (Å²) in [6.45, 7) is 11.3. The summed E-state index contributed by atoms with van der Waals surface area (Å²) in [7, 11) is 0. The van der Waals surface area contributed by atoms with Crippen LogP contribution in [-0.4, -0.2) is 12.6 Å². The van der Waals surface area contributed by atoms with E-state index >= 15 is 0 Å². The van der Waals surface area contributed by atoms with Crippen molar-refractivity contribution in [3.05, 3.63) is 89.2 Å². The van der Waals surface area contributed by atoms with Crippen molar-refractivity contribution in [2.24, 2.45) is 11.5 Å². The number of benzene rings is 3. The third-order valence-corrected chi connectivity index (χ3v) is 5.54. The van der Waals surface area contributed by atoms with Crippen LogP contribution < -0.4 is 16.2 Å². The number of nitrogens with two attached hydrogens (primary N) is 2. The van der Waals surface area contributed by atoms with Gasteiger partial charge in [0.25, 0.3) is 0 Å². The molecule has 1 heterocycles. The predicted molar refractivity (Wildman–Crippen MR) is 151 cm³/mol. The van der Waals surface area contributed by atoms with Gasteiger partial charge in [-0.05, 0) is 53.4 Å². The first-order valence-electron chi connectivity index (χ1n) is 13.0. The zero-order valence-corrected chi connectivity index (χ0v) is 22.7. The maximum absolute atomic E-state index is 12.0. The molecule has 0 saturated heterocycles. The molecule has 37 heavy (non-hydrogen) atoms. The molecule has 0 fully saturated rings. The molecule has 0 aliphatic rings. The van der Waals surface area contributed by atoms with E-state index in [0.29, 0.717) is 32.1 Å². The first-order valence-corrected chi connectivity index (χ1v) is 13.0. The van der Waals surface area contributed by atoms with Crippen molar-refractivity contribution in [1.29, 1.82) is 0 Å². The maximum atomic E-state index is 12.0. The summed E-state index contributed by atoms with van der Waals surface area (Å²) in [5.41, 5.74) is 18.3. The highest BCUT2D eigenvalue weighted by Gasteiger charge is 2.13. The van der Waals surface area contributed by atoms with Crippen molar-refractivity contribution in [3.8, 4) is 16.9 Å². The summed E-state index contributed by atoms with van der Waals surface area (Å²) in [5.74, 6) is 0.327. The fraction of sp³-hybridized carbons (Fsp3) is 0.323.